The van der Waals surface area contributed by atoms with E-state index in [9.17, 15) is 4.79 Å². The topological polar surface area (TPSA) is 26.3 Å². The van der Waals surface area contributed by atoms with Crippen molar-refractivity contribution in [3.8, 4) is 0 Å². The zero-order valence-corrected chi connectivity index (χ0v) is 8.27. The van der Waals surface area contributed by atoms with Gasteiger partial charge in [-0.25, -0.2) is 0 Å². The van der Waals surface area contributed by atoms with E-state index in [0.29, 0.717) is 5.78 Å². The summed E-state index contributed by atoms with van der Waals surface area (Å²) in [5.74, 6) is 0.296. The van der Waals surface area contributed by atoms with E-state index in [1.807, 2.05) is 0 Å². The summed E-state index contributed by atoms with van der Waals surface area (Å²) in [5, 5.41) is 0. The standard InChI is InChI=1S/C10H20O2/c1-3-8-12-9-6-4-5-7-10(2)11/h3-9H2,1-2H3. The van der Waals surface area contributed by atoms with Crippen LogP contribution in [-0.2, 0) is 9.53 Å². The highest BCUT2D eigenvalue weighted by Crippen LogP contribution is 2.00. The monoisotopic (exact) mass is 172 g/mol. The van der Waals surface area contributed by atoms with E-state index in [-0.39, 0.29) is 0 Å². The Kier molecular flexibility index (Phi) is 8.46. The van der Waals surface area contributed by atoms with Gasteiger partial charge in [-0.3, -0.25) is 0 Å². The molecule has 0 N–H and O–H groups in total. The lowest BCUT2D eigenvalue weighted by atomic mass is 10.1. The molecule has 2 nitrogen and oxygen atoms in total. The fraction of sp³-hybridized carbons (Fsp3) is 0.900. The molecule has 0 atom stereocenters. The highest BCUT2D eigenvalue weighted by Gasteiger charge is 1.93. The summed E-state index contributed by atoms with van der Waals surface area (Å²) >= 11 is 0. The van der Waals surface area contributed by atoms with Crippen molar-refractivity contribution in [1.29, 1.82) is 0 Å². The molecule has 0 fully saturated rings. The SMILES string of the molecule is CCCOCCCCCC(C)=O. The summed E-state index contributed by atoms with van der Waals surface area (Å²) in [7, 11) is 0. The van der Waals surface area contributed by atoms with Crippen molar-refractivity contribution >= 4 is 5.78 Å². The van der Waals surface area contributed by atoms with Gasteiger partial charge in [-0.1, -0.05) is 13.3 Å². The van der Waals surface area contributed by atoms with Crippen LogP contribution < -0.4 is 0 Å². The van der Waals surface area contributed by atoms with Gasteiger partial charge < -0.3 is 9.53 Å². The summed E-state index contributed by atoms with van der Waals surface area (Å²) in [6.07, 6.45) is 5.04. The Balaban J connectivity index is 2.86. The van der Waals surface area contributed by atoms with Gasteiger partial charge in [0, 0.05) is 19.6 Å². The second-order valence-corrected chi connectivity index (χ2v) is 3.13. The first-order valence-electron chi connectivity index (χ1n) is 4.84. The number of unbranched alkanes of at least 4 members (excludes halogenated alkanes) is 2. The van der Waals surface area contributed by atoms with E-state index < -0.39 is 0 Å². The third-order valence-electron chi connectivity index (χ3n) is 1.67. The van der Waals surface area contributed by atoms with Gasteiger partial charge in [0.15, 0.2) is 0 Å². The molecule has 0 unspecified atom stereocenters. The number of Topliss-reactive ketones (excluding diaryl/α,β-unsaturated/α-hetero) is 1. The number of hydrogen-bond donors (Lipinski definition) is 0. The third kappa shape index (κ3) is 9.63. The molecule has 0 aliphatic rings. The van der Waals surface area contributed by atoms with Gasteiger partial charge in [0.05, 0.1) is 0 Å². The summed E-state index contributed by atoms with van der Waals surface area (Å²) in [6, 6.07) is 0. The minimum atomic E-state index is 0.296. The molecule has 0 radical (unpaired) electrons. The van der Waals surface area contributed by atoms with Crippen LogP contribution in [0.25, 0.3) is 0 Å². The molecule has 0 aliphatic carbocycles. The van der Waals surface area contributed by atoms with Crippen molar-refractivity contribution in [2.75, 3.05) is 13.2 Å². The summed E-state index contributed by atoms with van der Waals surface area (Å²) in [4.78, 5) is 10.5. The predicted molar refractivity (Wildman–Crippen MR) is 50.3 cm³/mol. The quantitative estimate of drug-likeness (QED) is 0.526. The fourth-order valence-electron chi connectivity index (χ4n) is 1.00. The number of carbonyl (C=O) groups excluding carboxylic acids is 1. The van der Waals surface area contributed by atoms with E-state index in [1.165, 1.54) is 0 Å². The molecule has 2 heteroatoms. The maximum absolute atomic E-state index is 10.5. The second kappa shape index (κ2) is 8.72. The lowest BCUT2D eigenvalue weighted by molar-refractivity contribution is -0.117. The Morgan fingerprint density at radius 3 is 2.50 bits per heavy atom. The maximum atomic E-state index is 10.5. The molecule has 0 aromatic heterocycles. The Morgan fingerprint density at radius 2 is 1.92 bits per heavy atom. The molecule has 0 spiro atoms. The number of hydrogen-bond acceptors (Lipinski definition) is 2. The van der Waals surface area contributed by atoms with Gasteiger partial charge in [0.25, 0.3) is 0 Å². The van der Waals surface area contributed by atoms with Gasteiger partial charge >= 0.3 is 0 Å². The Morgan fingerprint density at radius 1 is 1.17 bits per heavy atom. The van der Waals surface area contributed by atoms with Crippen LogP contribution in [0.4, 0.5) is 0 Å². The van der Waals surface area contributed by atoms with E-state index in [1.54, 1.807) is 6.92 Å². The lowest BCUT2D eigenvalue weighted by Gasteiger charge is -2.01. The van der Waals surface area contributed by atoms with Crippen molar-refractivity contribution in [1.82, 2.24) is 0 Å². The predicted octanol–water partition coefficient (Wildman–Crippen LogP) is 2.56. The molecule has 0 heterocycles. The van der Waals surface area contributed by atoms with Gasteiger partial charge in [0.1, 0.15) is 5.78 Å². The molecule has 0 aromatic rings. The maximum Gasteiger partial charge on any atom is 0.129 e. The second-order valence-electron chi connectivity index (χ2n) is 3.13. The minimum Gasteiger partial charge on any atom is -0.381 e. The van der Waals surface area contributed by atoms with Crippen LogP contribution in [0.5, 0.6) is 0 Å². The van der Waals surface area contributed by atoms with E-state index in [4.69, 9.17) is 4.74 Å². The van der Waals surface area contributed by atoms with Crippen molar-refractivity contribution < 1.29 is 9.53 Å². The molecule has 0 saturated heterocycles. The van der Waals surface area contributed by atoms with Crippen LogP contribution in [0.3, 0.4) is 0 Å². The molecule has 0 saturated carbocycles. The zero-order valence-electron chi connectivity index (χ0n) is 8.27. The van der Waals surface area contributed by atoms with Crippen molar-refractivity contribution in [2.24, 2.45) is 0 Å². The molecule has 12 heavy (non-hydrogen) atoms. The van der Waals surface area contributed by atoms with E-state index >= 15 is 0 Å². The number of rotatable bonds is 8. The largest absolute Gasteiger partial charge is 0.381 e. The highest BCUT2D eigenvalue weighted by atomic mass is 16.5. The third-order valence-corrected chi connectivity index (χ3v) is 1.67. The van der Waals surface area contributed by atoms with Gasteiger partial charge in [-0.2, -0.15) is 0 Å². The minimum absolute atomic E-state index is 0.296. The molecule has 72 valence electrons. The van der Waals surface area contributed by atoms with Gasteiger partial charge in [-0.15, -0.1) is 0 Å². The molecular weight excluding hydrogens is 152 g/mol. The first kappa shape index (κ1) is 11.6. The number of ketones is 1. The normalized spacial score (nSPS) is 10.2. The summed E-state index contributed by atoms with van der Waals surface area (Å²) < 4.78 is 5.30. The van der Waals surface area contributed by atoms with Crippen LogP contribution in [0.15, 0.2) is 0 Å². The average Bonchev–Trinajstić information content (AvgIpc) is 2.02. The first-order valence-corrected chi connectivity index (χ1v) is 4.84. The van der Waals surface area contributed by atoms with Gasteiger partial charge in [0.2, 0.25) is 0 Å². The van der Waals surface area contributed by atoms with Crippen molar-refractivity contribution in [2.45, 2.75) is 46.0 Å². The van der Waals surface area contributed by atoms with Crippen LogP contribution in [0, 0.1) is 0 Å². The average molecular weight is 172 g/mol. The zero-order chi connectivity index (χ0) is 9.23. The molecule has 0 aliphatic heterocycles. The van der Waals surface area contributed by atoms with Crippen LogP contribution >= 0.6 is 0 Å². The van der Waals surface area contributed by atoms with Crippen LogP contribution in [0.1, 0.15) is 46.0 Å². The Hall–Kier alpha value is -0.370. The van der Waals surface area contributed by atoms with E-state index in [0.717, 1.165) is 45.3 Å². The Labute approximate surface area is 75.3 Å². The summed E-state index contributed by atoms with van der Waals surface area (Å²) in [6.45, 7) is 5.47. The molecule has 0 rings (SSSR count). The van der Waals surface area contributed by atoms with Gasteiger partial charge in [-0.05, 0) is 26.2 Å². The van der Waals surface area contributed by atoms with Crippen molar-refractivity contribution in [3.05, 3.63) is 0 Å². The van der Waals surface area contributed by atoms with Crippen LogP contribution in [-0.4, -0.2) is 19.0 Å². The molecule has 0 aromatic carbocycles. The first-order chi connectivity index (χ1) is 5.77. The lowest BCUT2D eigenvalue weighted by Crippen LogP contribution is -1.96. The van der Waals surface area contributed by atoms with Crippen LogP contribution in [0.2, 0.25) is 0 Å². The summed E-state index contributed by atoms with van der Waals surface area (Å²) in [5.41, 5.74) is 0. The molecular formula is C10H20O2. The molecule has 0 bridgehead atoms. The Bertz CT molecular complexity index is 110. The smallest absolute Gasteiger partial charge is 0.129 e. The fourth-order valence-corrected chi connectivity index (χ4v) is 1.00. The van der Waals surface area contributed by atoms with Crippen molar-refractivity contribution in [3.63, 3.8) is 0 Å². The number of carbonyl (C=O) groups is 1. The van der Waals surface area contributed by atoms with E-state index in [2.05, 4.69) is 6.92 Å². The molecule has 0 amide bonds. The highest BCUT2D eigenvalue weighted by molar-refractivity contribution is 5.75. The number of ether oxygens (including phenoxy) is 1.